The van der Waals surface area contributed by atoms with Gasteiger partial charge in [0.25, 0.3) is 0 Å². The molecule has 0 aliphatic carbocycles. The van der Waals surface area contributed by atoms with Gasteiger partial charge >= 0.3 is 65.4 Å². The summed E-state index contributed by atoms with van der Waals surface area (Å²) in [4.78, 5) is 89.5. The van der Waals surface area contributed by atoms with Crippen LogP contribution in [0.2, 0.25) is 0 Å². The van der Waals surface area contributed by atoms with Gasteiger partial charge in [-0.3, -0.25) is 9.59 Å². The number of allylic oxidation sites excluding steroid dienone is 4. The maximum atomic E-state index is 11.7. The van der Waals surface area contributed by atoms with E-state index in [4.69, 9.17) is 39.5 Å². The van der Waals surface area contributed by atoms with Crippen LogP contribution in [0.4, 0.5) is 0 Å². The maximum absolute atomic E-state index is 11.7. The van der Waals surface area contributed by atoms with Gasteiger partial charge in [-0.2, -0.15) is 0 Å². The van der Waals surface area contributed by atoms with Crippen molar-refractivity contribution >= 4 is 110 Å². The first-order valence-corrected chi connectivity index (χ1v) is 30.6. The minimum atomic E-state index is -2.24. The summed E-state index contributed by atoms with van der Waals surface area (Å²) in [7, 11) is 0.547. The molecule has 27 heteroatoms. The third kappa shape index (κ3) is 196. The quantitative estimate of drug-likeness (QED) is 0.0208. The van der Waals surface area contributed by atoms with Crippen LogP contribution >= 0.6 is 47.2 Å². The van der Waals surface area contributed by atoms with Gasteiger partial charge in [-0.05, 0) is 129 Å². The minimum absolute atomic E-state index is 0. The number of aliphatic hydroxyl groups excluding tert-OH is 3. The topological polar surface area (TPSA) is 324 Å². The van der Waals surface area contributed by atoms with E-state index in [1.807, 2.05) is 55.4 Å². The molecule has 0 unspecified atom stereocenters. The smallest absolute Gasteiger partial charge is 1.00 e. The molecular formula is C54H113BBr2NaO21P2. The van der Waals surface area contributed by atoms with Crippen LogP contribution in [0.25, 0.3) is 0 Å². The molecule has 0 heterocycles. The van der Waals surface area contributed by atoms with Crippen LogP contribution in [0.3, 0.4) is 0 Å². The predicted molar refractivity (Wildman–Crippen MR) is 340 cm³/mol. The van der Waals surface area contributed by atoms with Crippen molar-refractivity contribution in [2.24, 2.45) is 0 Å². The number of hydrogen-bond acceptors (Lipinski definition) is 20. The van der Waals surface area contributed by atoms with Crippen LogP contribution < -0.4 is 29.6 Å². The number of methoxy groups -OCH3 is 2. The first-order valence-electron chi connectivity index (χ1n) is 25.0. The number of ketones is 1. The molecule has 0 fully saturated rings. The fourth-order valence-electron chi connectivity index (χ4n) is 2.87. The second-order valence-corrected chi connectivity index (χ2v) is 21.5. The molecule has 81 heavy (non-hydrogen) atoms. The zero-order chi connectivity index (χ0) is 65.4. The molecule has 0 bridgehead atoms. The zero-order valence-corrected chi connectivity index (χ0v) is 61.5. The number of hydrogen-bond donors (Lipinski definition) is 4. The molecule has 0 rings (SSSR count). The summed E-state index contributed by atoms with van der Waals surface area (Å²) in [5, 5.41) is 30.5. The summed E-state index contributed by atoms with van der Waals surface area (Å²) < 4.78 is 50.9. The zero-order valence-electron chi connectivity index (χ0n) is 55.4. The molecule has 4 N–H and O–H groups in total. The molecule has 0 saturated heterocycles. The maximum Gasteiger partial charge on any atom is 1.00 e. The van der Waals surface area contributed by atoms with Crippen LogP contribution in [0.1, 0.15) is 140 Å². The van der Waals surface area contributed by atoms with Crippen molar-refractivity contribution in [1.29, 1.82) is 0 Å². The van der Waals surface area contributed by atoms with Gasteiger partial charge in [0.05, 0.1) is 60.1 Å². The number of carbonyl (C=O) groups excluding carboxylic acids is 8. The summed E-state index contributed by atoms with van der Waals surface area (Å²) in [6.45, 7) is 37.7. The van der Waals surface area contributed by atoms with Crippen molar-refractivity contribution in [3.63, 3.8) is 0 Å². The average Bonchev–Trinajstić information content (AvgIpc) is 3.37. The molecule has 0 amide bonds. The third-order valence-electron chi connectivity index (χ3n) is 6.13. The molecule has 0 aromatic rings. The second-order valence-electron chi connectivity index (χ2n) is 12.9. The number of aliphatic carboxylic acids is 1. The Morgan fingerprint density at radius 2 is 0.741 bits per heavy atom. The van der Waals surface area contributed by atoms with Gasteiger partial charge in [-0.25, -0.2) is 19.2 Å². The minimum Gasteiger partial charge on any atom is -1.00 e. The van der Waals surface area contributed by atoms with Crippen LogP contribution in [0.5, 0.6) is 0 Å². The largest absolute Gasteiger partial charge is 1.00 e. The van der Waals surface area contributed by atoms with E-state index >= 15 is 0 Å². The molecule has 3 radical (unpaired) electrons. The Labute approximate surface area is 535 Å². The van der Waals surface area contributed by atoms with Gasteiger partial charge in [-0.1, -0.05) is 74.3 Å². The van der Waals surface area contributed by atoms with Gasteiger partial charge in [0.15, 0.2) is 0 Å². The first kappa shape index (κ1) is 124. The summed E-state index contributed by atoms with van der Waals surface area (Å²) >= 11 is 3.15. The normalized spacial score (nSPS) is 8.35. The van der Waals surface area contributed by atoms with Crippen LogP contribution in [-0.2, 0) is 80.7 Å². The van der Waals surface area contributed by atoms with Crippen molar-refractivity contribution in [2.45, 2.75) is 138 Å². The van der Waals surface area contributed by atoms with Crippen molar-refractivity contribution in [3.8, 4) is 0 Å². The number of esters is 5. The number of rotatable bonds is 17. The van der Waals surface area contributed by atoms with Crippen LogP contribution in [0.15, 0.2) is 48.1 Å². The van der Waals surface area contributed by atoms with Crippen molar-refractivity contribution in [2.75, 3.05) is 110 Å². The number of carboxylic acid groups (broad SMARTS) is 1. The Balaban J connectivity index is -0.0000000347. The van der Waals surface area contributed by atoms with E-state index in [9.17, 15) is 42.7 Å². The number of carbonyl (C=O) groups is 9. The van der Waals surface area contributed by atoms with Crippen molar-refractivity contribution in [1.82, 2.24) is 0 Å². The van der Waals surface area contributed by atoms with Crippen molar-refractivity contribution in [3.05, 3.63) is 48.1 Å². The molecule has 0 spiro atoms. The third-order valence-corrected chi connectivity index (χ3v) is 12.4. The molecule has 0 saturated carbocycles. The number of alkyl halides is 1. The van der Waals surface area contributed by atoms with Crippen LogP contribution in [-0.4, -0.2) is 193 Å². The molecule has 483 valence electrons. The van der Waals surface area contributed by atoms with Gasteiger partial charge in [0.2, 0.25) is 0 Å². The number of aldehydes is 2. The van der Waals surface area contributed by atoms with Crippen molar-refractivity contribution < 1.29 is 132 Å². The summed E-state index contributed by atoms with van der Waals surface area (Å²) in [6.07, 6.45) is 14.1. The van der Waals surface area contributed by atoms with Gasteiger partial charge in [-0.15, -0.1) is 17.0 Å². The molecule has 0 aromatic heterocycles. The number of ether oxygens (including phenoxy) is 6. The van der Waals surface area contributed by atoms with E-state index in [1.54, 1.807) is 74.7 Å². The van der Waals surface area contributed by atoms with Gasteiger partial charge in [0.1, 0.15) is 18.4 Å². The number of Topliss-reactive ketones (excluding diaryl/α,β-unsaturated/α-hetero) is 1. The second kappa shape index (κ2) is 120. The number of aliphatic hydroxyl groups is 3. The Kier molecular flexibility index (Phi) is 184. The van der Waals surface area contributed by atoms with Crippen LogP contribution in [0, 0.1) is 0 Å². The summed E-state index contributed by atoms with van der Waals surface area (Å²) in [6, 6.07) is 0. The van der Waals surface area contributed by atoms with E-state index in [0.717, 1.165) is 50.4 Å². The Hall–Kier alpha value is -2.89. The molecule has 0 atom stereocenters. The Bertz CT molecular complexity index is 1470. The summed E-state index contributed by atoms with van der Waals surface area (Å²) in [5.41, 5.74) is 0.966. The standard InChI is InChI=1S/2C8H17O3P.C7H12O2.C6H10O2.C5H8O2.C4H6O2.C3H8O.C3H6O.C2H5Br.C2H6O.2C2H4O.2CH4O.B.BrH.Na.H/c2*1-4-11-8(9)7-12(10,5-2)6-3;1-4-9-7(8)5-6(2)3;1-3-5-6(7)8-4-2;1-3-4-5(6)7-2;1-2-3-4(5)6;1-3-4-2;1-3(2)4;4*1-2-3;2*1-2;;;;/h2*4-7H2,1-3H3;5H,4H2,1-3H3;3,5H,4H2,1-2H3;3-4H,1-2H3;2-3H,1H3,(H,5,6);3H2,1-2H3;1-2H3;2H2,1H3;3H,2H2,1H3;2*2H,1H3;2*2H,1H3;;1H;;/q;;;;;;;;;;;;;;;;+1;-1/b;;;5-3+;4-3+;3-2+;;;;;;;;;;;;. The first-order chi connectivity index (χ1) is 36.5. The van der Waals surface area contributed by atoms with E-state index in [2.05, 4.69) is 34.9 Å². The summed E-state index contributed by atoms with van der Waals surface area (Å²) in [5.74, 6) is -2.21. The fourth-order valence-corrected chi connectivity index (χ4v) is 5.78. The average molecular weight is 1350 g/mol. The monoisotopic (exact) mass is 1350 g/mol. The molecule has 21 nitrogen and oxygen atoms in total. The van der Waals surface area contributed by atoms with Gasteiger partial charge in [0, 0.05) is 72.6 Å². The predicted octanol–water partition coefficient (Wildman–Crippen LogP) is 7.52. The number of halogens is 2. The number of carboxylic acids is 1. The SMILES string of the molecule is Br.C/C=C/C(=O)O.C/C=C/C(=O)OC.C/C=C/C(=O)OCC.CC(C)=O.CC=O.CC=O.CCBr.CCO.CCOC.CCOC(=O)C=C(C)C.CCOC(=O)CP(=O)(CC)CC.CCOC(=O)CP(=O)(CC)CC.CO.CO.[B].[H-].[Na+]. The Morgan fingerprint density at radius 3 is 0.877 bits per heavy atom. The van der Waals surface area contributed by atoms with E-state index in [0.29, 0.717) is 51.1 Å². The fraction of sp³-hybridized carbons (Fsp3) is 0.685. The van der Waals surface area contributed by atoms with E-state index in [-0.39, 0.29) is 111 Å². The van der Waals surface area contributed by atoms with E-state index in [1.165, 1.54) is 59.1 Å². The molecule has 0 aromatic carbocycles. The molecule has 0 aliphatic rings. The van der Waals surface area contributed by atoms with Gasteiger partial charge < -0.3 is 73.8 Å². The Morgan fingerprint density at radius 1 is 0.519 bits per heavy atom. The van der Waals surface area contributed by atoms with E-state index < -0.39 is 20.3 Å². The molecular weight excluding hydrogens is 1240 g/mol. The molecule has 0 aliphatic heterocycles.